The van der Waals surface area contributed by atoms with Crippen molar-refractivity contribution in [2.24, 2.45) is 5.41 Å². The lowest BCUT2D eigenvalue weighted by atomic mass is 9.69. The minimum Gasteiger partial charge on any atom is -0.354 e. The molecule has 2 rings (SSSR count). The molecule has 100 valence electrons. The Morgan fingerprint density at radius 1 is 1.42 bits per heavy atom. The van der Waals surface area contributed by atoms with E-state index in [0.29, 0.717) is 19.4 Å². The molecule has 0 atom stereocenters. The fourth-order valence-electron chi connectivity index (χ4n) is 2.47. The van der Waals surface area contributed by atoms with Gasteiger partial charge in [-0.2, -0.15) is 5.26 Å². The maximum atomic E-state index is 12.0. The first kappa shape index (κ1) is 13.6. The zero-order valence-electron chi connectivity index (χ0n) is 11.6. The molecule has 19 heavy (non-hydrogen) atoms. The number of nitrogens with one attached hydrogen (secondary N) is 1. The second kappa shape index (κ2) is 5.44. The van der Waals surface area contributed by atoms with E-state index < -0.39 is 5.41 Å². The SMILES string of the molecule is Cc1ccc(C)c(CCNC(=O)C2(C#N)CCC2)c1. The number of nitrogens with zero attached hydrogens (tertiary/aromatic N) is 1. The van der Waals surface area contributed by atoms with Crippen molar-refractivity contribution in [1.82, 2.24) is 5.32 Å². The molecule has 0 aromatic heterocycles. The Labute approximate surface area is 114 Å². The van der Waals surface area contributed by atoms with E-state index in [9.17, 15) is 4.79 Å². The highest BCUT2D eigenvalue weighted by Crippen LogP contribution is 2.40. The zero-order chi connectivity index (χ0) is 13.9. The number of rotatable bonds is 4. The van der Waals surface area contributed by atoms with Crippen molar-refractivity contribution in [2.75, 3.05) is 6.54 Å². The van der Waals surface area contributed by atoms with Crippen molar-refractivity contribution in [3.8, 4) is 6.07 Å². The third-order valence-electron chi connectivity index (χ3n) is 4.04. The first-order valence-electron chi connectivity index (χ1n) is 6.83. The Morgan fingerprint density at radius 3 is 2.74 bits per heavy atom. The summed E-state index contributed by atoms with van der Waals surface area (Å²) in [7, 11) is 0. The van der Waals surface area contributed by atoms with Gasteiger partial charge in [0.15, 0.2) is 0 Å². The molecule has 1 aromatic rings. The second-order valence-corrected chi connectivity index (χ2v) is 5.48. The van der Waals surface area contributed by atoms with E-state index in [1.165, 1.54) is 16.7 Å². The van der Waals surface area contributed by atoms with Gasteiger partial charge in [-0.3, -0.25) is 4.79 Å². The van der Waals surface area contributed by atoms with Gasteiger partial charge in [-0.25, -0.2) is 0 Å². The third-order valence-corrected chi connectivity index (χ3v) is 4.04. The summed E-state index contributed by atoms with van der Waals surface area (Å²) < 4.78 is 0. The van der Waals surface area contributed by atoms with E-state index in [4.69, 9.17) is 5.26 Å². The average Bonchev–Trinajstić information content (AvgIpc) is 2.33. The number of hydrogen-bond donors (Lipinski definition) is 1. The van der Waals surface area contributed by atoms with Crippen LogP contribution >= 0.6 is 0 Å². The summed E-state index contributed by atoms with van der Waals surface area (Å²) in [5.74, 6) is -0.0912. The molecular formula is C16H20N2O. The largest absolute Gasteiger partial charge is 0.354 e. The average molecular weight is 256 g/mol. The highest BCUT2D eigenvalue weighted by Gasteiger charge is 2.44. The van der Waals surface area contributed by atoms with Gasteiger partial charge in [0.2, 0.25) is 5.91 Å². The Kier molecular flexibility index (Phi) is 3.90. The van der Waals surface area contributed by atoms with E-state index >= 15 is 0 Å². The third kappa shape index (κ3) is 2.78. The Bertz CT molecular complexity index is 524. The van der Waals surface area contributed by atoms with Crippen LogP contribution in [0.1, 0.15) is 36.0 Å². The van der Waals surface area contributed by atoms with Gasteiger partial charge >= 0.3 is 0 Å². The van der Waals surface area contributed by atoms with E-state index in [1.54, 1.807) is 0 Å². The molecule has 0 heterocycles. The van der Waals surface area contributed by atoms with Crippen molar-refractivity contribution < 1.29 is 4.79 Å². The molecule has 1 fully saturated rings. The van der Waals surface area contributed by atoms with Crippen molar-refractivity contribution >= 4 is 5.91 Å². The minimum absolute atomic E-state index is 0.0912. The quantitative estimate of drug-likeness (QED) is 0.900. The zero-order valence-corrected chi connectivity index (χ0v) is 11.6. The summed E-state index contributed by atoms with van der Waals surface area (Å²) in [4.78, 5) is 12.0. The van der Waals surface area contributed by atoms with E-state index in [2.05, 4.69) is 43.4 Å². The summed E-state index contributed by atoms with van der Waals surface area (Å²) in [5.41, 5.74) is 3.01. The van der Waals surface area contributed by atoms with Gasteiger partial charge in [-0.05, 0) is 50.7 Å². The van der Waals surface area contributed by atoms with Gasteiger partial charge in [0.05, 0.1) is 6.07 Å². The number of aryl methyl sites for hydroxylation is 2. The lowest BCUT2D eigenvalue weighted by Crippen LogP contribution is -2.45. The molecule has 0 bridgehead atoms. The number of amides is 1. The van der Waals surface area contributed by atoms with Crippen molar-refractivity contribution in [3.05, 3.63) is 34.9 Å². The van der Waals surface area contributed by atoms with Gasteiger partial charge in [0.25, 0.3) is 0 Å². The number of nitriles is 1. The standard InChI is InChI=1S/C16H20N2O/c1-12-4-5-13(2)14(10-12)6-9-18-15(19)16(11-17)7-3-8-16/h4-5,10H,3,6-9H2,1-2H3,(H,18,19). The summed E-state index contributed by atoms with van der Waals surface area (Å²) >= 11 is 0. The van der Waals surface area contributed by atoms with Crippen LogP contribution in [0.3, 0.4) is 0 Å². The predicted octanol–water partition coefficient (Wildman–Crippen LogP) is 2.66. The van der Waals surface area contributed by atoms with Crippen LogP contribution in [0.5, 0.6) is 0 Å². The molecule has 0 saturated heterocycles. The first-order chi connectivity index (χ1) is 9.07. The van der Waals surface area contributed by atoms with Crippen LogP contribution in [0.15, 0.2) is 18.2 Å². The fourth-order valence-corrected chi connectivity index (χ4v) is 2.47. The maximum absolute atomic E-state index is 12.0. The van der Waals surface area contributed by atoms with Gasteiger partial charge in [-0.1, -0.05) is 23.8 Å². The Hall–Kier alpha value is -1.82. The van der Waals surface area contributed by atoms with Gasteiger partial charge < -0.3 is 5.32 Å². The predicted molar refractivity (Wildman–Crippen MR) is 74.5 cm³/mol. The monoisotopic (exact) mass is 256 g/mol. The summed E-state index contributed by atoms with van der Waals surface area (Å²) in [6, 6.07) is 8.53. The number of hydrogen-bond acceptors (Lipinski definition) is 2. The normalized spacial score (nSPS) is 16.3. The highest BCUT2D eigenvalue weighted by atomic mass is 16.2. The molecule has 1 saturated carbocycles. The molecule has 1 aromatic carbocycles. The van der Waals surface area contributed by atoms with Crippen LogP contribution in [0.25, 0.3) is 0 Å². The smallest absolute Gasteiger partial charge is 0.240 e. The molecular weight excluding hydrogens is 236 g/mol. The van der Waals surface area contributed by atoms with Crippen LogP contribution in [0.2, 0.25) is 0 Å². The van der Waals surface area contributed by atoms with Crippen molar-refractivity contribution in [1.29, 1.82) is 5.26 Å². The number of carbonyl (C=O) groups excluding carboxylic acids is 1. The van der Waals surface area contributed by atoms with Crippen LogP contribution in [-0.2, 0) is 11.2 Å². The second-order valence-electron chi connectivity index (χ2n) is 5.48. The van der Waals surface area contributed by atoms with Gasteiger partial charge in [0.1, 0.15) is 5.41 Å². The van der Waals surface area contributed by atoms with Crippen LogP contribution in [-0.4, -0.2) is 12.5 Å². The molecule has 3 heteroatoms. The molecule has 0 aliphatic heterocycles. The highest BCUT2D eigenvalue weighted by molar-refractivity contribution is 5.86. The van der Waals surface area contributed by atoms with Crippen LogP contribution in [0, 0.1) is 30.6 Å². The minimum atomic E-state index is -0.734. The summed E-state index contributed by atoms with van der Waals surface area (Å²) in [5, 5.41) is 12.0. The van der Waals surface area contributed by atoms with Crippen molar-refractivity contribution in [3.63, 3.8) is 0 Å². The molecule has 1 N–H and O–H groups in total. The molecule has 0 radical (unpaired) electrons. The lowest BCUT2D eigenvalue weighted by molar-refractivity contribution is -0.131. The molecule has 0 unspecified atom stereocenters. The van der Waals surface area contributed by atoms with Gasteiger partial charge in [-0.15, -0.1) is 0 Å². The van der Waals surface area contributed by atoms with Crippen LogP contribution < -0.4 is 5.32 Å². The Morgan fingerprint density at radius 2 is 2.16 bits per heavy atom. The number of carbonyl (C=O) groups is 1. The van der Waals surface area contributed by atoms with E-state index in [-0.39, 0.29) is 5.91 Å². The molecule has 0 spiro atoms. The molecule has 1 aliphatic carbocycles. The topological polar surface area (TPSA) is 52.9 Å². The first-order valence-corrected chi connectivity index (χ1v) is 6.83. The fraction of sp³-hybridized carbons (Fsp3) is 0.500. The summed E-state index contributed by atoms with van der Waals surface area (Å²) in [6.07, 6.45) is 3.22. The van der Waals surface area contributed by atoms with Crippen LogP contribution in [0.4, 0.5) is 0 Å². The lowest BCUT2D eigenvalue weighted by Gasteiger charge is -2.33. The van der Waals surface area contributed by atoms with Crippen molar-refractivity contribution in [2.45, 2.75) is 39.5 Å². The molecule has 1 amide bonds. The molecule has 3 nitrogen and oxygen atoms in total. The van der Waals surface area contributed by atoms with Gasteiger partial charge in [0, 0.05) is 6.54 Å². The van der Waals surface area contributed by atoms with E-state index in [0.717, 1.165) is 12.8 Å². The number of benzene rings is 1. The summed E-state index contributed by atoms with van der Waals surface area (Å²) in [6.45, 7) is 4.76. The Balaban J connectivity index is 1.89. The maximum Gasteiger partial charge on any atom is 0.240 e. The molecule has 1 aliphatic rings. The van der Waals surface area contributed by atoms with E-state index in [1.807, 2.05) is 0 Å².